The summed E-state index contributed by atoms with van der Waals surface area (Å²) in [5, 5.41) is 9.71. The van der Waals surface area contributed by atoms with Crippen LogP contribution in [-0.4, -0.2) is 77.6 Å². The first kappa shape index (κ1) is 25.3. The highest BCUT2D eigenvalue weighted by Crippen LogP contribution is 2.33. The van der Waals surface area contributed by atoms with E-state index in [9.17, 15) is 24.0 Å². The molecule has 11 nitrogen and oxygen atoms in total. The van der Waals surface area contributed by atoms with Gasteiger partial charge in [0.1, 0.15) is 0 Å². The average Bonchev–Trinajstić information content (AvgIpc) is 3.43. The number of carbonyl (C=O) groups is 5. The Morgan fingerprint density at radius 2 is 1.76 bits per heavy atom. The van der Waals surface area contributed by atoms with Gasteiger partial charge in [-0.15, -0.1) is 5.06 Å². The van der Waals surface area contributed by atoms with Crippen molar-refractivity contribution in [2.75, 3.05) is 25.5 Å². The lowest BCUT2D eigenvalue weighted by Gasteiger charge is -2.16. The fourth-order valence-electron chi connectivity index (χ4n) is 4.01. The van der Waals surface area contributed by atoms with Crippen molar-refractivity contribution in [3.63, 3.8) is 0 Å². The molecule has 0 aromatic carbocycles. The van der Waals surface area contributed by atoms with Gasteiger partial charge in [0.25, 0.3) is 11.8 Å². The molecule has 33 heavy (non-hydrogen) atoms. The fraction of sp³-hybridized carbons (Fsp3) is 0.762. The summed E-state index contributed by atoms with van der Waals surface area (Å²) in [6, 6.07) is 0.362. The van der Waals surface area contributed by atoms with Crippen molar-refractivity contribution in [1.29, 1.82) is 0 Å². The molecule has 3 aliphatic rings. The van der Waals surface area contributed by atoms with Crippen LogP contribution in [-0.2, 0) is 28.8 Å². The van der Waals surface area contributed by atoms with Crippen LogP contribution in [0, 0.1) is 0 Å². The molecule has 0 bridgehead atoms. The molecule has 0 radical (unpaired) electrons. The lowest BCUT2D eigenvalue weighted by molar-refractivity contribution is -0.197. The van der Waals surface area contributed by atoms with Crippen LogP contribution in [0.5, 0.6) is 0 Å². The van der Waals surface area contributed by atoms with E-state index in [2.05, 4.69) is 16.0 Å². The van der Waals surface area contributed by atoms with Crippen LogP contribution in [0.15, 0.2) is 0 Å². The van der Waals surface area contributed by atoms with Crippen LogP contribution >= 0.6 is 11.8 Å². The highest BCUT2D eigenvalue weighted by molar-refractivity contribution is 8.00. The van der Waals surface area contributed by atoms with E-state index in [0.29, 0.717) is 49.3 Å². The van der Waals surface area contributed by atoms with Crippen molar-refractivity contribution < 1.29 is 33.5 Å². The normalized spacial score (nSPS) is 23.9. The van der Waals surface area contributed by atoms with Gasteiger partial charge >= 0.3 is 12.0 Å². The third-order valence-electron chi connectivity index (χ3n) is 5.77. The molecule has 0 spiro atoms. The van der Waals surface area contributed by atoms with Crippen molar-refractivity contribution in [2.24, 2.45) is 0 Å². The van der Waals surface area contributed by atoms with Crippen LogP contribution in [0.1, 0.15) is 57.8 Å². The van der Waals surface area contributed by atoms with E-state index >= 15 is 0 Å². The van der Waals surface area contributed by atoms with Crippen molar-refractivity contribution in [3.05, 3.63) is 0 Å². The van der Waals surface area contributed by atoms with Gasteiger partial charge in [0, 0.05) is 49.8 Å². The fourth-order valence-corrected chi connectivity index (χ4v) is 5.55. The topological polar surface area (TPSA) is 143 Å². The number of hydrogen-bond donors (Lipinski definition) is 3. The van der Waals surface area contributed by atoms with E-state index in [1.165, 1.54) is 0 Å². The van der Waals surface area contributed by atoms with Crippen molar-refractivity contribution in [1.82, 2.24) is 21.0 Å². The second-order valence-corrected chi connectivity index (χ2v) is 9.60. The molecule has 12 heteroatoms. The Morgan fingerprint density at radius 3 is 2.55 bits per heavy atom. The molecular formula is C21H32N4O7S. The molecule has 5 amide bonds. The molecule has 3 N–H and O–H groups in total. The van der Waals surface area contributed by atoms with Gasteiger partial charge in [0.05, 0.1) is 18.7 Å². The van der Waals surface area contributed by atoms with E-state index < -0.39 is 17.8 Å². The minimum Gasteiger partial charge on any atom is -0.380 e. The Hall–Kier alpha value is -2.34. The number of thioether (sulfide) groups is 1. The number of urea groups is 1. The first-order valence-electron chi connectivity index (χ1n) is 11.5. The van der Waals surface area contributed by atoms with Crippen LogP contribution in [0.3, 0.4) is 0 Å². The smallest absolute Gasteiger partial charge is 0.333 e. The summed E-state index contributed by atoms with van der Waals surface area (Å²) in [4.78, 5) is 62.5. The molecule has 0 aromatic rings. The number of rotatable bonds is 14. The summed E-state index contributed by atoms with van der Waals surface area (Å²) in [6.07, 6.45) is 4.62. The Labute approximate surface area is 197 Å². The Balaban J connectivity index is 1.10. The number of fused-ring (bicyclic) bond motifs is 1. The van der Waals surface area contributed by atoms with Crippen LogP contribution in [0.2, 0.25) is 0 Å². The van der Waals surface area contributed by atoms with Crippen molar-refractivity contribution in [3.8, 4) is 0 Å². The predicted octanol–water partition coefficient (Wildman–Crippen LogP) is 0.623. The quantitative estimate of drug-likeness (QED) is 0.185. The second-order valence-electron chi connectivity index (χ2n) is 8.33. The van der Waals surface area contributed by atoms with Gasteiger partial charge in [-0.05, 0) is 25.7 Å². The number of carbonyl (C=O) groups excluding carboxylic acids is 5. The molecule has 3 saturated heterocycles. The molecule has 3 heterocycles. The Morgan fingerprint density at radius 1 is 1.00 bits per heavy atom. The third kappa shape index (κ3) is 7.88. The number of imide groups is 1. The summed E-state index contributed by atoms with van der Waals surface area (Å²) in [5.41, 5.74) is 0. The second kappa shape index (κ2) is 12.8. The summed E-state index contributed by atoms with van der Waals surface area (Å²) in [7, 11) is 0. The van der Waals surface area contributed by atoms with E-state index in [1.807, 2.05) is 11.8 Å². The minimum atomic E-state index is -0.609. The molecule has 184 valence electrons. The van der Waals surface area contributed by atoms with E-state index in [4.69, 9.17) is 9.57 Å². The molecule has 0 aromatic heterocycles. The molecule has 0 aliphatic carbocycles. The molecule has 3 atom stereocenters. The number of hydroxylamine groups is 2. The third-order valence-corrected chi connectivity index (χ3v) is 7.28. The maximum absolute atomic E-state index is 11.9. The average molecular weight is 485 g/mol. The lowest BCUT2D eigenvalue weighted by atomic mass is 10.0. The number of amides is 5. The number of hydrogen-bond acceptors (Lipinski definition) is 8. The van der Waals surface area contributed by atoms with Gasteiger partial charge < -0.3 is 25.5 Å². The number of unbranched alkanes of at least 4 members (excludes halogenated alkanes) is 2. The SMILES string of the molecule is O=C(CCCC[C@@H]1SC[C@@H]2NC(=O)N[C@@H]21)NCCOCCCCC(=O)ON1C(=O)CCC1=O. The molecule has 3 aliphatic heterocycles. The number of nitrogens with one attached hydrogen (secondary N) is 3. The van der Waals surface area contributed by atoms with Crippen molar-refractivity contribution >= 4 is 41.5 Å². The zero-order valence-electron chi connectivity index (χ0n) is 18.6. The zero-order chi connectivity index (χ0) is 23.6. The van der Waals surface area contributed by atoms with Gasteiger partial charge in [-0.25, -0.2) is 9.59 Å². The maximum atomic E-state index is 11.9. The summed E-state index contributed by atoms with van der Waals surface area (Å²) in [6.45, 7) is 1.26. The van der Waals surface area contributed by atoms with E-state index in [0.717, 1.165) is 25.0 Å². The predicted molar refractivity (Wildman–Crippen MR) is 119 cm³/mol. The van der Waals surface area contributed by atoms with Gasteiger partial charge in [0.15, 0.2) is 0 Å². The summed E-state index contributed by atoms with van der Waals surface area (Å²) >= 11 is 1.88. The van der Waals surface area contributed by atoms with E-state index in [-0.39, 0.29) is 43.3 Å². The molecule has 0 saturated carbocycles. The van der Waals surface area contributed by atoms with Gasteiger partial charge in [0.2, 0.25) is 5.91 Å². The van der Waals surface area contributed by atoms with E-state index in [1.54, 1.807) is 0 Å². The van der Waals surface area contributed by atoms with Gasteiger partial charge in [-0.2, -0.15) is 11.8 Å². The molecule has 0 unspecified atom stereocenters. The first-order chi connectivity index (χ1) is 15.9. The highest BCUT2D eigenvalue weighted by atomic mass is 32.2. The Bertz CT molecular complexity index is 734. The van der Waals surface area contributed by atoms with Crippen LogP contribution in [0.25, 0.3) is 0 Å². The number of nitrogens with zero attached hydrogens (tertiary/aromatic N) is 1. The standard InChI is InChI=1S/C21H32N4O7S/c26-16(6-2-1-5-15-20-14(13-33-15)23-21(30)24-20)22-10-12-31-11-4-3-7-19(29)32-25-17(27)8-9-18(25)28/h14-15,20H,1-13H2,(H,22,26)(H2,23,24,30)/t14-,15-,20-/m0/s1. The lowest BCUT2D eigenvalue weighted by Crippen LogP contribution is -2.36. The Kier molecular flexibility index (Phi) is 9.79. The largest absolute Gasteiger partial charge is 0.380 e. The van der Waals surface area contributed by atoms with Crippen LogP contribution < -0.4 is 16.0 Å². The summed E-state index contributed by atoms with van der Waals surface area (Å²) in [5.74, 6) is -0.635. The van der Waals surface area contributed by atoms with Gasteiger partial charge in [-0.1, -0.05) is 6.42 Å². The molecule has 3 fully saturated rings. The molecular weight excluding hydrogens is 452 g/mol. The maximum Gasteiger partial charge on any atom is 0.333 e. The zero-order valence-corrected chi connectivity index (χ0v) is 19.5. The highest BCUT2D eigenvalue weighted by Gasteiger charge is 2.42. The van der Waals surface area contributed by atoms with Crippen molar-refractivity contribution in [2.45, 2.75) is 75.1 Å². The molecule has 3 rings (SSSR count). The van der Waals surface area contributed by atoms with Gasteiger partial charge in [-0.3, -0.25) is 14.4 Å². The monoisotopic (exact) mass is 484 g/mol. The minimum absolute atomic E-state index is 0.000129. The first-order valence-corrected chi connectivity index (χ1v) is 12.6. The van der Waals surface area contributed by atoms with Crippen LogP contribution in [0.4, 0.5) is 4.79 Å². The summed E-state index contributed by atoms with van der Waals surface area (Å²) < 4.78 is 5.45. The number of ether oxygens (including phenoxy) is 1.